The average molecular weight is 403 g/mol. The Kier molecular flexibility index (Phi) is 4.19. The minimum absolute atomic E-state index is 0.351. The van der Waals surface area contributed by atoms with E-state index in [1.54, 1.807) is 23.2 Å². The molecule has 5 heteroatoms. The van der Waals surface area contributed by atoms with Crippen molar-refractivity contribution in [2.75, 3.05) is 11.4 Å². The molecule has 0 radical (unpaired) electrons. The van der Waals surface area contributed by atoms with E-state index in [0.717, 1.165) is 16.5 Å². The minimum atomic E-state index is -1.78. The molecule has 0 fully saturated rings. The lowest BCUT2D eigenvalue weighted by atomic mass is 9.87. The van der Waals surface area contributed by atoms with E-state index >= 15 is 0 Å². The minimum Gasteiger partial charge on any atom is -0.372 e. The van der Waals surface area contributed by atoms with Crippen LogP contribution in [0.3, 0.4) is 0 Å². The first-order chi connectivity index (χ1) is 14.1. The summed E-state index contributed by atoms with van der Waals surface area (Å²) in [4.78, 5) is 18.4. The van der Waals surface area contributed by atoms with Crippen LogP contribution in [0.2, 0.25) is 5.02 Å². The molecule has 1 amide bonds. The summed E-state index contributed by atoms with van der Waals surface area (Å²) >= 11 is 6.25. The maximum absolute atomic E-state index is 13.6. The lowest BCUT2D eigenvalue weighted by Crippen LogP contribution is -2.41. The van der Waals surface area contributed by atoms with Gasteiger partial charge in [-0.2, -0.15) is 0 Å². The smallest absolute Gasteiger partial charge is 0.268 e. The molecule has 29 heavy (non-hydrogen) atoms. The second-order valence-corrected chi connectivity index (χ2v) is 7.75. The molecule has 1 aliphatic rings. The number of hydrogen-bond acceptors (Lipinski definition) is 2. The van der Waals surface area contributed by atoms with Crippen molar-refractivity contribution in [3.8, 4) is 0 Å². The molecule has 2 N–H and O–H groups in total. The number of fused-ring (bicyclic) bond motifs is 2. The number of para-hydroxylation sites is 1. The zero-order chi connectivity index (χ0) is 20.0. The number of amides is 1. The number of aliphatic hydroxyl groups is 1. The van der Waals surface area contributed by atoms with Crippen molar-refractivity contribution in [1.29, 1.82) is 0 Å². The van der Waals surface area contributed by atoms with E-state index in [4.69, 9.17) is 11.6 Å². The van der Waals surface area contributed by atoms with Crippen LogP contribution in [0.25, 0.3) is 10.9 Å². The van der Waals surface area contributed by atoms with Gasteiger partial charge in [0.05, 0.1) is 5.69 Å². The number of benzene rings is 3. The predicted molar refractivity (Wildman–Crippen MR) is 115 cm³/mol. The van der Waals surface area contributed by atoms with Gasteiger partial charge in [0.1, 0.15) is 0 Å². The van der Waals surface area contributed by atoms with E-state index in [-0.39, 0.29) is 5.91 Å². The highest BCUT2D eigenvalue weighted by atomic mass is 35.5. The fourth-order valence-corrected chi connectivity index (χ4v) is 4.36. The van der Waals surface area contributed by atoms with Crippen molar-refractivity contribution in [2.24, 2.45) is 0 Å². The molecule has 5 rings (SSSR count). The lowest BCUT2D eigenvalue weighted by molar-refractivity contribution is -0.132. The number of anilines is 1. The first-order valence-electron chi connectivity index (χ1n) is 9.54. The topological polar surface area (TPSA) is 56.3 Å². The number of carbonyl (C=O) groups is 1. The molecule has 1 atom stereocenters. The normalized spacial score (nSPS) is 18.4. The molecule has 3 aromatic carbocycles. The van der Waals surface area contributed by atoms with E-state index in [2.05, 4.69) is 4.98 Å². The Balaban J connectivity index is 1.61. The highest BCUT2D eigenvalue weighted by Crippen LogP contribution is 2.47. The summed E-state index contributed by atoms with van der Waals surface area (Å²) in [5.41, 5.74) is 1.99. The number of aromatic nitrogens is 1. The molecule has 0 unspecified atom stereocenters. The highest BCUT2D eigenvalue weighted by Gasteiger charge is 2.52. The quantitative estimate of drug-likeness (QED) is 0.522. The van der Waals surface area contributed by atoms with Gasteiger partial charge in [-0.05, 0) is 36.2 Å². The highest BCUT2D eigenvalue weighted by molar-refractivity contribution is 6.31. The van der Waals surface area contributed by atoms with Crippen LogP contribution in [-0.2, 0) is 16.8 Å². The SMILES string of the molecule is O=C1N(CCc2ccccc2)c2ccc(Cl)cc2[C@@]1(O)c1c[nH]c2ccccc12. The maximum atomic E-state index is 13.6. The summed E-state index contributed by atoms with van der Waals surface area (Å²) in [5.74, 6) is -0.351. The van der Waals surface area contributed by atoms with Gasteiger partial charge in [0.25, 0.3) is 5.91 Å². The van der Waals surface area contributed by atoms with E-state index in [9.17, 15) is 9.90 Å². The molecule has 0 saturated carbocycles. The molecule has 1 aromatic heterocycles. The maximum Gasteiger partial charge on any atom is 0.268 e. The number of nitrogens with zero attached hydrogens (tertiary/aromatic N) is 1. The van der Waals surface area contributed by atoms with Gasteiger partial charge in [-0.25, -0.2) is 0 Å². The fourth-order valence-electron chi connectivity index (χ4n) is 4.19. The summed E-state index contributed by atoms with van der Waals surface area (Å²) in [5, 5.41) is 13.1. The Labute approximate surface area is 173 Å². The molecule has 0 saturated heterocycles. The molecule has 1 aliphatic heterocycles. The number of H-pyrrole nitrogens is 1. The monoisotopic (exact) mass is 402 g/mol. The van der Waals surface area contributed by atoms with Crippen LogP contribution in [0.4, 0.5) is 5.69 Å². The number of carbonyl (C=O) groups excluding carboxylic acids is 1. The van der Waals surface area contributed by atoms with Crippen LogP contribution >= 0.6 is 11.6 Å². The number of rotatable bonds is 4. The summed E-state index contributed by atoms with van der Waals surface area (Å²) in [6.07, 6.45) is 2.41. The van der Waals surface area contributed by atoms with E-state index < -0.39 is 5.60 Å². The van der Waals surface area contributed by atoms with E-state index in [1.165, 1.54) is 0 Å². The van der Waals surface area contributed by atoms with E-state index in [1.807, 2.05) is 60.7 Å². The lowest BCUT2D eigenvalue weighted by Gasteiger charge is -2.23. The van der Waals surface area contributed by atoms with Gasteiger partial charge in [-0.1, -0.05) is 60.1 Å². The molecule has 2 heterocycles. The number of aromatic amines is 1. The van der Waals surface area contributed by atoms with Gasteiger partial charge in [0.2, 0.25) is 0 Å². The first kappa shape index (κ1) is 18.0. The van der Waals surface area contributed by atoms with Crippen LogP contribution in [0, 0.1) is 0 Å². The van der Waals surface area contributed by atoms with Gasteiger partial charge >= 0.3 is 0 Å². The Morgan fingerprint density at radius 1 is 0.966 bits per heavy atom. The molecule has 144 valence electrons. The standard InChI is InChI=1S/C24H19ClN2O2/c25-17-10-11-22-19(14-17)24(29,20-15-26-21-9-5-4-8-18(20)21)23(28)27(22)13-12-16-6-2-1-3-7-16/h1-11,14-15,26,29H,12-13H2/t24-/m1/s1. The molecule has 0 aliphatic carbocycles. The second kappa shape index (κ2) is 6.76. The van der Waals surface area contributed by atoms with Gasteiger partial charge in [-0.15, -0.1) is 0 Å². The van der Waals surface area contributed by atoms with Crippen LogP contribution < -0.4 is 4.90 Å². The van der Waals surface area contributed by atoms with Gasteiger partial charge in [0.15, 0.2) is 5.60 Å². The summed E-state index contributed by atoms with van der Waals surface area (Å²) in [6, 6.07) is 22.9. The van der Waals surface area contributed by atoms with Gasteiger partial charge in [-0.3, -0.25) is 4.79 Å². The number of nitrogens with one attached hydrogen (secondary N) is 1. The van der Waals surface area contributed by atoms with Crippen LogP contribution in [0.5, 0.6) is 0 Å². The molecule has 4 aromatic rings. The van der Waals surface area contributed by atoms with Crippen molar-refractivity contribution in [3.63, 3.8) is 0 Å². The van der Waals surface area contributed by atoms with Crippen molar-refractivity contribution in [1.82, 2.24) is 4.98 Å². The van der Waals surface area contributed by atoms with Crippen molar-refractivity contribution in [3.05, 3.63) is 101 Å². The number of hydrogen-bond donors (Lipinski definition) is 2. The Morgan fingerprint density at radius 3 is 2.55 bits per heavy atom. The Morgan fingerprint density at radius 2 is 1.72 bits per heavy atom. The summed E-state index contributed by atoms with van der Waals surface area (Å²) < 4.78 is 0. The molecule has 4 nitrogen and oxygen atoms in total. The van der Waals surface area contributed by atoms with Crippen LogP contribution in [0.1, 0.15) is 16.7 Å². The molecular weight excluding hydrogens is 384 g/mol. The molecule has 0 bridgehead atoms. The first-order valence-corrected chi connectivity index (χ1v) is 9.92. The molecular formula is C24H19ClN2O2. The third-order valence-electron chi connectivity index (χ3n) is 5.64. The number of halogens is 1. The Bertz CT molecular complexity index is 1220. The zero-order valence-electron chi connectivity index (χ0n) is 15.6. The fraction of sp³-hybridized carbons (Fsp3) is 0.125. The molecule has 0 spiro atoms. The van der Waals surface area contributed by atoms with Gasteiger partial charge in [0, 0.05) is 39.8 Å². The van der Waals surface area contributed by atoms with Crippen LogP contribution in [-0.4, -0.2) is 22.5 Å². The van der Waals surface area contributed by atoms with Crippen LogP contribution in [0.15, 0.2) is 79.0 Å². The predicted octanol–water partition coefficient (Wildman–Crippen LogP) is 4.65. The summed E-state index contributed by atoms with van der Waals surface area (Å²) in [7, 11) is 0. The van der Waals surface area contributed by atoms with Crippen molar-refractivity contribution >= 4 is 34.1 Å². The largest absolute Gasteiger partial charge is 0.372 e. The van der Waals surface area contributed by atoms with Crippen molar-refractivity contribution < 1.29 is 9.90 Å². The second-order valence-electron chi connectivity index (χ2n) is 7.31. The Hall–Kier alpha value is -3.08. The summed E-state index contributed by atoms with van der Waals surface area (Å²) in [6.45, 7) is 0.474. The average Bonchev–Trinajstić information content (AvgIpc) is 3.27. The van der Waals surface area contributed by atoms with E-state index in [0.29, 0.717) is 34.8 Å². The van der Waals surface area contributed by atoms with Crippen molar-refractivity contribution in [2.45, 2.75) is 12.0 Å². The zero-order valence-corrected chi connectivity index (χ0v) is 16.4. The third-order valence-corrected chi connectivity index (χ3v) is 5.87. The van der Waals surface area contributed by atoms with Gasteiger partial charge < -0.3 is 15.0 Å². The third kappa shape index (κ3) is 2.76.